The molecule has 2 aromatic heterocycles. The zero-order chi connectivity index (χ0) is 13.4. The van der Waals surface area contributed by atoms with E-state index in [0.29, 0.717) is 12.1 Å². The first-order chi connectivity index (χ1) is 9.15. The summed E-state index contributed by atoms with van der Waals surface area (Å²) in [5.74, 6) is -0.943. The largest absolute Gasteiger partial charge is 0.478 e. The van der Waals surface area contributed by atoms with Crippen molar-refractivity contribution in [1.29, 1.82) is 0 Å². The van der Waals surface area contributed by atoms with Crippen molar-refractivity contribution in [3.05, 3.63) is 45.6 Å². The number of carboxylic acid groups (broad SMARTS) is 1. The number of rotatable bonds is 3. The van der Waals surface area contributed by atoms with E-state index in [0.717, 1.165) is 5.52 Å². The number of aromatic carboxylic acids is 1. The van der Waals surface area contributed by atoms with Gasteiger partial charge in [-0.1, -0.05) is 5.21 Å². The van der Waals surface area contributed by atoms with Crippen LogP contribution in [0.15, 0.2) is 29.6 Å². The fraction of sp³-hybridized carbons (Fsp3) is 0.154. The summed E-state index contributed by atoms with van der Waals surface area (Å²) < 4.78 is 1.74. The molecule has 6 heteroatoms. The van der Waals surface area contributed by atoms with Gasteiger partial charge in [-0.15, -0.1) is 16.4 Å². The van der Waals surface area contributed by atoms with Gasteiger partial charge in [-0.05, 0) is 42.1 Å². The van der Waals surface area contributed by atoms with E-state index in [-0.39, 0.29) is 5.56 Å². The standard InChI is InChI=1S/C13H11N3O2S/c1-8-4-5-19-12(8)7-16-11-6-9(13(17)18)2-3-10(11)14-15-16/h2-6H,7H2,1H3,(H,17,18). The van der Waals surface area contributed by atoms with E-state index in [1.807, 2.05) is 12.3 Å². The molecule has 19 heavy (non-hydrogen) atoms. The second kappa shape index (κ2) is 4.47. The third-order valence-corrected chi connectivity index (χ3v) is 4.03. The summed E-state index contributed by atoms with van der Waals surface area (Å²) in [5.41, 5.74) is 2.91. The van der Waals surface area contributed by atoms with Gasteiger partial charge in [0.25, 0.3) is 0 Å². The Kier molecular flexibility index (Phi) is 2.79. The van der Waals surface area contributed by atoms with Crippen molar-refractivity contribution in [2.75, 3.05) is 0 Å². The fourth-order valence-corrected chi connectivity index (χ4v) is 2.80. The van der Waals surface area contributed by atoms with Gasteiger partial charge >= 0.3 is 5.97 Å². The van der Waals surface area contributed by atoms with Crippen molar-refractivity contribution in [2.45, 2.75) is 13.5 Å². The van der Waals surface area contributed by atoms with Crippen LogP contribution >= 0.6 is 11.3 Å². The molecular formula is C13H11N3O2S. The number of carboxylic acids is 1. The Labute approximate surface area is 113 Å². The van der Waals surface area contributed by atoms with E-state index >= 15 is 0 Å². The number of aryl methyl sites for hydroxylation is 1. The Morgan fingerprint density at radius 1 is 1.42 bits per heavy atom. The second-order valence-corrected chi connectivity index (χ2v) is 5.28. The van der Waals surface area contributed by atoms with Crippen LogP contribution in [0.5, 0.6) is 0 Å². The molecule has 2 heterocycles. The highest BCUT2D eigenvalue weighted by Gasteiger charge is 2.10. The zero-order valence-electron chi connectivity index (χ0n) is 10.2. The zero-order valence-corrected chi connectivity index (χ0v) is 11.0. The predicted octanol–water partition coefficient (Wildman–Crippen LogP) is 2.55. The molecule has 0 atom stereocenters. The molecule has 0 amide bonds. The highest BCUT2D eigenvalue weighted by Crippen LogP contribution is 2.20. The maximum absolute atomic E-state index is 11.0. The molecule has 0 spiro atoms. The van der Waals surface area contributed by atoms with Gasteiger partial charge < -0.3 is 5.11 Å². The second-order valence-electron chi connectivity index (χ2n) is 4.28. The van der Waals surface area contributed by atoms with Gasteiger partial charge in [-0.25, -0.2) is 9.48 Å². The molecule has 0 saturated heterocycles. The topological polar surface area (TPSA) is 68.0 Å². The Hall–Kier alpha value is -2.21. The molecule has 0 radical (unpaired) electrons. The van der Waals surface area contributed by atoms with Gasteiger partial charge in [0.05, 0.1) is 17.6 Å². The minimum atomic E-state index is -0.943. The van der Waals surface area contributed by atoms with Crippen molar-refractivity contribution in [1.82, 2.24) is 15.0 Å². The van der Waals surface area contributed by atoms with Gasteiger partial charge in [0.2, 0.25) is 0 Å². The Bertz CT molecular complexity index is 760. The molecule has 1 aromatic carbocycles. The highest BCUT2D eigenvalue weighted by molar-refractivity contribution is 7.10. The molecule has 0 fully saturated rings. The van der Waals surface area contributed by atoms with Crippen LogP contribution in [-0.2, 0) is 6.54 Å². The Morgan fingerprint density at radius 2 is 2.26 bits per heavy atom. The Balaban J connectivity index is 2.06. The Morgan fingerprint density at radius 3 is 2.95 bits per heavy atom. The van der Waals surface area contributed by atoms with Gasteiger partial charge in [0, 0.05) is 4.88 Å². The number of benzene rings is 1. The molecule has 0 saturated carbocycles. The first-order valence-corrected chi connectivity index (χ1v) is 6.62. The summed E-state index contributed by atoms with van der Waals surface area (Å²) in [5, 5.41) is 19.2. The van der Waals surface area contributed by atoms with Crippen molar-refractivity contribution in [3.8, 4) is 0 Å². The molecule has 1 N–H and O–H groups in total. The molecule has 0 aliphatic rings. The number of hydrogen-bond acceptors (Lipinski definition) is 4. The van der Waals surface area contributed by atoms with Crippen molar-refractivity contribution >= 4 is 28.3 Å². The molecule has 0 unspecified atom stereocenters. The van der Waals surface area contributed by atoms with Crippen LogP contribution in [0.1, 0.15) is 20.8 Å². The molecular weight excluding hydrogens is 262 g/mol. The maximum Gasteiger partial charge on any atom is 0.335 e. The number of hydrogen-bond donors (Lipinski definition) is 1. The third kappa shape index (κ3) is 2.10. The number of fused-ring (bicyclic) bond motifs is 1. The van der Waals surface area contributed by atoms with E-state index in [1.165, 1.54) is 10.4 Å². The van der Waals surface area contributed by atoms with Crippen molar-refractivity contribution in [3.63, 3.8) is 0 Å². The van der Waals surface area contributed by atoms with Crippen LogP contribution in [-0.4, -0.2) is 26.1 Å². The van der Waals surface area contributed by atoms with Crippen molar-refractivity contribution < 1.29 is 9.90 Å². The van der Waals surface area contributed by atoms with Crippen LogP contribution in [0, 0.1) is 6.92 Å². The van der Waals surface area contributed by atoms with Crippen molar-refractivity contribution in [2.24, 2.45) is 0 Å². The number of carbonyl (C=O) groups is 1. The van der Waals surface area contributed by atoms with Crippen LogP contribution < -0.4 is 0 Å². The summed E-state index contributed by atoms with van der Waals surface area (Å²) in [7, 11) is 0. The number of aromatic nitrogens is 3. The van der Waals surface area contributed by atoms with E-state index in [2.05, 4.69) is 16.4 Å². The minimum absolute atomic E-state index is 0.249. The minimum Gasteiger partial charge on any atom is -0.478 e. The average molecular weight is 273 g/mol. The lowest BCUT2D eigenvalue weighted by Gasteiger charge is -2.02. The highest BCUT2D eigenvalue weighted by atomic mass is 32.1. The number of thiophene rings is 1. The fourth-order valence-electron chi connectivity index (χ4n) is 1.92. The third-order valence-electron chi connectivity index (χ3n) is 3.02. The predicted molar refractivity (Wildman–Crippen MR) is 72.6 cm³/mol. The van der Waals surface area contributed by atoms with Gasteiger partial charge in [0.1, 0.15) is 5.52 Å². The van der Waals surface area contributed by atoms with Gasteiger partial charge in [0.15, 0.2) is 0 Å². The molecule has 0 aliphatic heterocycles. The average Bonchev–Trinajstić information content (AvgIpc) is 2.97. The lowest BCUT2D eigenvalue weighted by molar-refractivity contribution is 0.0697. The normalized spacial score (nSPS) is 11.0. The smallest absolute Gasteiger partial charge is 0.335 e. The summed E-state index contributed by atoms with van der Waals surface area (Å²) in [6.07, 6.45) is 0. The number of nitrogens with zero attached hydrogens (tertiary/aromatic N) is 3. The first-order valence-electron chi connectivity index (χ1n) is 5.74. The van der Waals surface area contributed by atoms with E-state index in [9.17, 15) is 4.79 Å². The molecule has 3 rings (SSSR count). The summed E-state index contributed by atoms with van der Waals surface area (Å²) in [6, 6.07) is 6.89. The summed E-state index contributed by atoms with van der Waals surface area (Å²) in [4.78, 5) is 12.2. The molecule has 0 bridgehead atoms. The van der Waals surface area contributed by atoms with E-state index in [1.54, 1.807) is 34.2 Å². The summed E-state index contributed by atoms with van der Waals surface area (Å²) >= 11 is 1.66. The first kappa shape index (κ1) is 11.9. The lowest BCUT2D eigenvalue weighted by Crippen LogP contribution is -2.02. The maximum atomic E-state index is 11.0. The summed E-state index contributed by atoms with van der Waals surface area (Å²) in [6.45, 7) is 2.66. The van der Waals surface area contributed by atoms with Gasteiger partial charge in [-0.2, -0.15) is 0 Å². The van der Waals surface area contributed by atoms with Crippen LogP contribution in [0.3, 0.4) is 0 Å². The lowest BCUT2D eigenvalue weighted by atomic mass is 10.2. The molecule has 5 nitrogen and oxygen atoms in total. The molecule has 0 aliphatic carbocycles. The molecule has 96 valence electrons. The van der Waals surface area contributed by atoms with Gasteiger partial charge in [-0.3, -0.25) is 0 Å². The van der Waals surface area contributed by atoms with E-state index in [4.69, 9.17) is 5.11 Å². The van der Waals surface area contributed by atoms with Crippen LogP contribution in [0.2, 0.25) is 0 Å². The SMILES string of the molecule is Cc1ccsc1Cn1nnc2ccc(C(=O)O)cc21. The molecule has 3 aromatic rings. The quantitative estimate of drug-likeness (QED) is 0.796. The monoisotopic (exact) mass is 273 g/mol. The van der Waals surface area contributed by atoms with E-state index < -0.39 is 5.97 Å². The van der Waals surface area contributed by atoms with Crippen LogP contribution in [0.4, 0.5) is 0 Å². The van der Waals surface area contributed by atoms with Crippen LogP contribution in [0.25, 0.3) is 11.0 Å².